The largest absolute Gasteiger partial charge is 0.472 e. The molecule has 0 spiro atoms. The summed E-state index contributed by atoms with van der Waals surface area (Å²) in [6, 6.07) is 0. The second-order valence-electron chi connectivity index (χ2n) is 32.2. The fourth-order valence-corrected chi connectivity index (χ4v) is 15.2. The van der Waals surface area contributed by atoms with E-state index in [1.165, 1.54) is 276 Å². The van der Waals surface area contributed by atoms with E-state index in [1.807, 2.05) is 0 Å². The summed E-state index contributed by atoms with van der Waals surface area (Å²) in [6.07, 6.45) is 71.1. The Morgan fingerprint density at radius 3 is 0.642 bits per heavy atom. The van der Waals surface area contributed by atoms with Crippen molar-refractivity contribution in [3.8, 4) is 0 Å². The number of rotatable bonds is 86. The summed E-state index contributed by atoms with van der Waals surface area (Å²) in [6.45, 7) is 9.62. The lowest BCUT2D eigenvalue weighted by atomic mass is 10.0. The quantitative estimate of drug-likeness (QED) is 0.0222. The van der Waals surface area contributed by atoms with Gasteiger partial charge in [-0.1, -0.05) is 414 Å². The molecule has 0 bridgehead atoms. The molecule has 2 unspecified atom stereocenters. The van der Waals surface area contributed by atoms with E-state index in [0.29, 0.717) is 31.6 Å². The van der Waals surface area contributed by atoms with Gasteiger partial charge in [0, 0.05) is 25.7 Å². The third-order valence-electron chi connectivity index (χ3n) is 20.5. The summed E-state index contributed by atoms with van der Waals surface area (Å²) >= 11 is 0. The lowest BCUT2D eigenvalue weighted by Crippen LogP contribution is -2.30. The molecule has 19 heteroatoms. The third kappa shape index (κ3) is 80.1. The van der Waals surface area contributed by atoms with Crippen LogP contribution < -0.4 is 0 Å². The number of esters is 4. The van der Waals surface area contributed by atoms with Gasteiger partial charge >= 0.3 is 39.5 Å². The van der Waals surface area contributed by atoms with Crippen LogP contribution in [-0.2, 0) is 65.4 Å². The number of phosphoric acid groups is 2. The van der Waals surface area contributed by atoms with E-state index in [1.54, 1.807) is 0 Å². The van der Waals surface area contributed by atoms with Crippen molar-refractivity contribution < 1.29 is 80.2 Å². The molecule has 630 valence electrons. The lowest BCUT2D eigenvalue weighted by Gasteiger charge is -2.21. The Morgan fingerprint density at radius 2 is 0.434 bits per heavy atom. The zero-order chi connectivity index (χ0) is 77.8. The van der Waals surface area contributed by atoms with Crippen LogP contribution in [0.5, 0.6) is 0 Å². The standard InChI is InChI=1S/C87H170O17P2/c1-7-9-11-13-15-17-19-21-23-25-26-27-28-29-31-35-40-44-48-52-60-65-71-86(91)103-82(75-97-84(89)69-63-57-50-46-42-38-36-32-33-37-41-45-49-55-61-67-79(3)4)77-101-105(93,94)99-73-81(88)74-100-106(95,96)102-78-83(76-98-85(90)70-64-58-54-53-56-62-68-80(5)6)104-87(92)72-66-59-51-47-43-39-34-30-24-22-20-18-16-14-12-10-8-2/h79-83,88H,7-78H2,1-6H3,(H,93,94)(H,95,96)/t81-,82-,83-/m1/s1. The molecule has 0 aliphatic carbocycles. The summed E-state index contributed by atoms with van der Waals surface area (Å²) in [7, 11) is -9.93. The Morgan fingerprint density at radius 1 is 0.255 bits per heavy atom. The number of aliphatic hydroxyl groups is 1. The van der Waals surface area contributed by atoms with Gasteiger partial charge in [0.1, 0.15) is 19.3 Å². The molecule has 5 atom stereocenters. The monoisotopic (exact) mass is 1550 g/mol. The number of carbonyl (C=O) groups excluding carboxylic acids is 4. The highest BCUT2D eigenvalue weighted by atomic mass is 31.2. The average Bonchev–Trinajstić information content (AvgIpc) is 0.906. The molecule has 0 amide bonds. The summed E-state index contributed by atoms with van der Waals surface area (Å²) in [4.78, 5) is 73.2. The van der Waals surface area contributed by atoms with Crippen LogP contribution in [0.3, 0.4) is 0 Å². The number of phosphoric ester groups is 2. The fourth-order valence-electron chi connectivity index (χ4n) is 13.6. The average molecular weight is 1550 g/mol. The van der Waals surface area contributed by atoms with Crippen molar-refractivity contribution >= 4 is 39.5 Å². The predicted molar refractivity (Wildman–Crippen MR) is 437 cm³/mol. The number of unbranched alkanes of at least 4 members (excludes halogenated alkanes) is 56. The van der Waals surface area contributed by atoms with Crippen LogP contribution in [0, 0.1) is 11.8 Å². The lowest BCUT2D eigenvalue weighted by molar-refractivity contribution is -0.161. The van der Waals surface area contributed by atoms with Crippen molar-refractivity contribution in [3.05, 3.63) is 0 Å². The Labute approximate surface area is 651 Å². The number of ether oxygens (including phenoxy) is 4. The van der Waals surface area contributed by atoms with Crippen LogP contribution in [0.15, 0.2) is 0 Å². The van der Waals surface area contributed by atoms with Gasteiger partial charge in [-0.25, -0.2) is 9.13 Å². The number of carbonyl (C=O) groups is 4. The number of hydrogen-bond donors (Lipinski definition) is 3. The number of hydrogen-bond acceptors (Lipinski definition) is 15. The first-order chi connectivity index (χ1) is 51.4. The van der Waals surface area contributed by atoms with E-state index in [4.69, 9.17) is 37.0 Å². The van der Waals surface area contributed by atoms with Gasteiger partial charge in [0.25, 0.3) is 0 Å². The maximum absolute atomic E-state index is 13.2. The minimum Gasteiger partial charge on any atom is -0.462 e. The molecule has 0 aromatic carbocycles. The van der Waals surface area contributed by atoms with Crippen molar-refractivity contribution in [3.63, 3.8) is 0 Å². The maximum Gasteiger partial charge on any atom is 0.472 e. The first-order valence-corrected chi connectivity index (χ1v) is 48.0. The van der Waals surface area contributed by atoms with Crippen molar-refractivity contribution in [2.75, 3.05) is 39.6 Å². The van der Waals surface area contributed by atoms with E-state index in [2.05, 4.69) is 41.5 Å². The molecule has 0 rings (SSSR count). The summed E-state index contributed by atoms with van der Waals surface area (Å²) in [5.74, 6) is -0.618. The van der Waals surface area contributed by atoms with Crippen LogP contribution in [0.1, 0.15) is 465 Å². The SMILES string of the molecule is CCCCCCCCCCCCCCCCCCCCCCCCC(=O)O[C@H](COC(=O)CCCCCCCCCCCCCCCCCC(C)C)COP(=O)(O)OC[C@@H](O)COP(=O)(O)OC[C@@H](COC(=O)CCCCCCCCC(C)C)OC(=O)CCCCCCCCCCCCCCCCCCC. The minimum atomic E-state index is -4.97. The van der Waals surface area contributed by atoms with E-state index < -0.39 is 97.5 Å². The van der Waals surface area contributed by atoms with E-state index in [0.717, 1.165) is 102 Å². The summed E-state index contributed by atoms with van der Waals surface area (Å²) in [5.41, 5.74) is 0. The first kappa shape index (κ1) is 104. The Hall–Kier alpha value is -1.94. The van der Waals surface area contributed by atoms with Gasteiger partial charge < -0.3 is 33.8 Å². The van der Waals surface area contributed by atoms with Gasteiger partial charge in [0.2, 0.25) is 0 Å². The highest BCUT2D eigenvalue weighted by molar-refractivity contribution is 7.47. The van der Waals surface area contributed by atoms with E-state index >= 15 is 0 Å². The van der Waals surface area contributed by atoms with Gasteiger partial charge in [-0.15, -0.1) is 0 Å². The Bertz CT molecular complexity index is 2030. The summed E-state index contributed by atoms with van der Waals surface area (Å²) in [5, 5.41) is 10.7. The van der Waals surface area contributed by atoms with Gasteiger partial charge in [-0.3, -0.25) is 37.3 Å². The molecule has 106 heavy (non-hydrogen) atoms. The van der Waals surface area contributed by atoms with Crippen molar-refractivity contribution in [1.82, 2.24) is 0 Å². The third-order valence-corrected chi connectivity index (χ3v) is 22.4. The van der Waals surface area contributed by atoms with Gasteiger partial charge in [0.15, 0.2) is 12.2 Å². The van der Waals surface area contributed by atoms with Crippen molar-refractivity contribution in [1.29, 1.82) is 0 Å². The molecular weight excluding hydrogens is 1380 g/mol. The van der Waals surface area contributed by atoms with Gasteiger partial charge in [0.05, 0.1) is 26.4 Å². The normalized spacial score (nSPS) is 13.8. The Balaban J connectivity index is 5.20. The zero-order valence-electron chi connectivity index (χ0n) is 69.7. The molecule has 0 saturated carbocycles. The molecule has 17 nitrogen and oxygen atoms in total. The second kappa shape index (κ2) is 78.3. The highest BCUT2D eigenvalue weighted by Crippen LogP contribution is 2.45. The smallest absolute Gasteiger partial charge is 0.462 e. The first-order valence-electron chi connectivity index (χ1n) is 45.0. The maximum atomic E-state index is 13.2. The molecule has 3 N–H and O–H groups in total. The van der Waals surface area contributed by atoms with Crippen LogP contribution >= 0.6 is 15.6 Å². The highest BCUT2D eigenvalue weighted by Gasteiger charge is 2.30. The molecule has 0 saturated heterocycles. The van der Waals surface area contributed by atoms with Gasteiger partial charge in [-0.05, 0) is 37.5 Å². The van der Waals surface area contributed by atoms with Crippen LogP contribution in [-0.4, -0.2) is 96.7 Å². The minimum absolute atomic E-state index is 0.108. The molecule has 0 aromatic heterocycles. The molecule has 0 heterocycles. The van der Waals surface area contributed by atoms with Crippen LogP contribution in [0.25, 0.3) is 0 Å². The zero-order valence-corrected chi connectivity index (χ0v) is 71.5. The Kier molecular flexibility index (Phi) is 76.9. The molecular formula is C87H170O17P2. The van der Waals surface area contributed by atoms with Crippen LogP contribution in [0.4, 0.5) is 0 Å². The number of aliphatic hydroxyl groups excluding tert-OH is 1. The van der Waals surface area contributed by atoms with E-state index in [9.17, 15) is 43.2 Å². The van der Waals surface area contributed by atoms with Crippen molar-refractivity contribution in [2.24, 2.45) is 11.8 Å². The molecule has 0 fully saturated rings. The topological polar surface area (TPSA) is 237 Å². The molecule has 0 aliphatic heterocycles. The van der Waals surface area contributed by atoms with E-state index in [-0.39, 0.29) is 25.7 Å². The molecule has 0 aromatic rings. The fraction of sp³-hybridized carbons (Fsp3) is 0.954. The summed E-state index contributed by atoms with van der Waals surface area (Å²) < 4.78 is 68.9. The second-order valence-corrected chi connectivity index (χ2v) is 35.1. The predicted octanol–water partition coefficient (Wildman–Crippen LogP) is 26.6. The van der Waals surface area contributed by atoms with Crippen molar-refractivity contribution in [2.45, 2.75) is 484 Å². The van der Waals surface area contributed by atoms with Crippen LogP contribution in [0.2, 0.25) is 0 Å². The molecule has 0 radical (unpaired) electrons. The van der Waals surface area contributed by atoms with Gasteiger partial charge in [-0.2, -0.15) is 0 Å². The molecule has 0 aliphatic rings.